The van der Waals surface area contributed by atoms with Gasteiger partial charge in [0, 0.05) is 23.7 Å². The minimum absolute atomic E-state index is 0.0575. The van der Waals surface area contributed by atoms with E-state index in [1.807, 2.05) is 0 Å². The maximum Gasteiger partial charge on any atom is 0.316 e. The van der Waals surface area contributed by atoms with Crippen molar-refractivity contribution < 1.29 is 23.9 Å². The number of nitrogens with zero attached hydrogens (tertiary/aromatic N) is 2. The Hall–Kier alpha value is -3.19. The van der Waals surface area contributed by atoms with Crippen LogP contribution < -0.4 is 14.5 Å². The minimum Gasteiger partial charge on any atom is -0.426 e. The van der Waals surface area contributed by atoms with Gasteiger partial charge in [-0.05, 0) is 61.7 Å². The number of imide groups is 1. The van der Waals surface area contributed by atoms with Gasteiger partial charge in [0.25, 0.3) is 0 Å². The summed E-state index contributed by atoms with van der Waals surface area (Å²) in [7, 11) is 0. The second kappa shape index (κ2) is 8.87. The van der Waals surface area contributed by atoms with Crippen LogP contribution in [0.15, 0.2) is 42.5 Å². The molecule has 3 aliphatic rings. The molecule has 0 N–H and O–H groups in total. The molecule has 176 valence electrons. The summed E-state index contributed by atoms with van der Waals surface area (Å²) in [5.41, 5.74) is 1.86. The van der Waals surface area contributed by atoms with E-state index in [4.69, 9.17) is 16.3 Å². The molecule has 1 aliphatic carbocycles. The third kappa shape index (κ3) is 3.98. The highest BCUT2D eigenvalue weighted by atomic mass is 35.5. The highest BCUT2D eigenvalue weighted by Gasteiger charge is 2.49. The van der Waals surface area contributed by atoms with Crippen LogP contribution >= 0.6 is 11.6 Å². The second-order valence-electron chi connectivity index (χ2n) is 9.26. The molecule has 34 heavy (non-hydrogen) atoms. The third-order valence-electron chi connectivity index (χ3n) is 7.05. The standard InChI is InChI=1S/C26H25ClN2O5/c1-15-11-19(9-10-22(15)29-24(31)20-7-2-3-8-21(20)25(29)32)34-26(33)16-12-23(30)28(14-16)18-6-4-5-17(27)13-18/h4-6,9-11,13,16,20-21H,2-3,7-8,12,14H2,1H3/t16-,20-,21-/m1/s1. The van der Waals surface area contributed by atoms with E-state index in [9.17, 15) is 19.2 Å². The average molecular weight is 481 g/mol. The monoisotopic (exact) mass is 480 g/mol. The van der Waals surface area contributed by atoms with E-state index in [2.05, 4.69) is 0 Å². The lowest BCUT2D eigenvalue weighted by Gasteiger charge is -2.19. The van der Waals surface area contributed by atoms with E-state index >= 15 is 0 Å². The Labute approximate surface area is 202 Å². The highest BCUT2D eigenvalue weighted by Crippen LogP contribution is 2.41. The zero-order valence-corrected chi connectivity index (χ0v) is 19.6. The van der Waals surface area contributed by atoms with Crippen molar-refractivity contribution in [2.75, 3.05) is 16.3 Å². The Morgan fingerprint density at radius 2 is 1.71 bits per heavy atom. The molecule has 3 fully saturated rings. The first-order chi connectivity index (χ1) is 16.3. The Kier molecular flexibility index (Phi) is 5.90. The van der Waals surface area contributed by atoms with Gasteiger partial charge in [-0.25, -0.2) is 4.90 Å². The Bertz CT molecular complexity index is 1170. The summed E-state index contributed by atoms with van der Waals surface area (Å²) in [6, 6.07) is 11.8. The average Bonchev–Trinajstić information content (AvgIpc) is 3.32. The number of halogens is 1. The number of carbonyl (C=O) groups is 4. The first-order valence-corrected chi connectivity index (χ1v) is 12.0. The normalized spacial score (nSPS) is 24.5. The van der Waals surface area contributed by atoms with Crippen molar-refractivity contribution in [1.82, 2.24) is 0 Å². The van der Waals surface area contributed by atoms with Crippen LogP contribution in [0.2, 0.25) is 5.02 Å². The lowest BCUT2D eigenvalue weighted by molar-refractivity contribution is -0.139. The third-order valence-corrected chi connectivity index (χ3v) is 7.28. The molecule has 2 saturated heterocycles. The number of hydrogen-bond donors (Lipinski definition) is 0. The van der Waals surface area contributed by atoms with E-state index in [-0.39, 0.29) is 42.5 Å². The lowest BCUT2D eigenvalue weighted by Crippen LogP contribution is -2.31. The highest BCUT2D eigenvalue weighted by molar-refractivity contribution is 6.31. The number of amides is 3. The van der Waals surface area contributed by atoms with Crippen LogP contribution in [0.25, 0.3) is 0 Å². The van der Waals surface area contributed by atoms with Gasteiger partial charge < -0.3 is 9.64 Å². The summed E-state index contributed by atoms with van der Waals surface area (Å²) < 4.78 is 5.57. The number of fused-ring (bicyclic) bond motifs is 1. The summed E-state index contributed by atoms with van der Waals surface area (Å²) in [6.07, 6.45) is 3.52. The molecule has 0 unspecified atom stereocenters. The summed E-state index contributed by atoms with van der Waals surface area (Å²) in [5.74, 6) is -1.65. The molecule has 0 aromatic heterocycles. The molecule has 3 atom stereocenters. The van der Waals surface area contributed by atoms with Crippen molar-refractivity contribution in [3.8, 4) is 5.75 Å². The van der Waals surface area contributed by atoms with Crippen LogP contribution in [0.4, 0.5) is 11.4 Å². The molecule has 2 aliphatic heterocycles. The zero-order chi connectivity index (χ0) is 24.0. The van der Waals surface area contributed by atoms with Gasteiger partial charge in [0.15, 0.2) is 0 Å². The maximum atomic E-state index is 12.9. The molecule has 0 bridgehead atoms. The molecule has 2 aromatic rings. The Morgan fingerprint density at radius 1 is 1.00 bits per heavy atom. The van der Waals surface area contributed by atoms with Gasteiger partial charge >= 0.3 is 5.97 Å². The van der Waals surface area contributed by atoms with Crippen molar-refractivity contribution in [3.63, 3.8) is 0 Å². The van der Waals surface area contributed by atoms with E-state index in [1.54, 1.807) is 49.4 Å². The fourth-order valence-corrected chi connectivity index (χ4v) is 5.49. The SMILES string of the molecule is Cc1cc(OC(=O)[C@@H]2CC(=O)N(c3cccc(Cl)c3)C2)ccc1N1C(=O)[C@@H]2CCCC[C@H]2C1=O. The van der Waals surface area contributed by atoms with E-state index in [1.165, 1.54) is 9.80 Å². The molecular weight excluding hydrogens is 456 g/mol. The van der Waals surface area contributed by atoms with Gasteiger partial charge in [-0.3, -0.25) is 19.2 Å². The van der Waals surface area contributed by atoms with Gasteiger partial charge in [-0.15, -0.1) is 0 Å². The molecule has 8 heteroatoms. The van der Waals surface area contributed by atoms with Crippen molar-refractivity contribution in [2.24, 2.45) is 17.8 Å². The van der Waals surface area contributed by atoms with Gasteiger partial charge in [0.2, 0.25) is 17.7 Å². The fourth-order valence-electron chi connectivity index (χ4n) is 5.30. The predicted octanol–water partition coefficient (Wildman–Crippen LogP) is 4.29. The smallest absolute Gasteiger partial charge is 0.316 e. The van der Waals surface area contributed by atoms with Crippen LogP contribution in [0.5, 0.6) is 5.75 Å². The zero-order valence-electron chi connectivity index (χ0n) is 18.8. The minimum atomic E-state index is -0.601. The first kappa shape index (κ1) is 22.6. The van der Waals surface area contributed by atoms with Crippen molar-refractivity contribution in [3.05, 3.63) is 53.1 Å². The van der Waals surface area contributed by atoms with Crippen molar-refractivity contribution in [1.29, 1.82) is 0 Å². The molecule has 5 rings (SSSR count). The molecular formula is C26H25ClN2O5. The van der Waals surface area contributed by atoms with E-state index in [0.717, 1.165) is 25.7 Å². The largest absolute Gasteiger partial charge is 0.426 e. The van der Waals surface area contributed by atoms with Gasteiger partial charge in [0.05, 0.1) is 23.4 Å². The molecule has 1 saturated carbocycles. The Balaban J connectivity index is 1.28. The number of benzene rings is 2. The number of anilines is 2. The van der Waals surface area contributed by atoms with Gasteiger partial charge in [0.1, 0.15) is 5.75 Å². The molecule has 2 heterocycles. The molecule has 0 spiro atoms. The van der Waals surface area contributed by atoms with Crippen molar-refractivity contribution in [2.45, 2.75) is 39.0 Å². The van der Waals surface area contributed by atoms with E-state index < -0.39 is 11.9 Å². The number of carbonyl (C=O) groups excluding carboxylic acids is 4. The topological polar surface area (TPSA) is 84.0 Å². The number of rotatable bonds is 4. The lowest BCUT2D eigenvalue weighted by atomic mass is 9.81. The van der Waals surface area contributed by atoms with Crippen molar-refractivity contribution >= 4 is 46.7 Å². The molecule has 2 aromatic carbocycles. The van der Waals surface area contributed by atoms with E-state index in [0.29, 0.717) is 27.7 Å². The van der Waals surface area contributed by atoms with Crippen LogP contribution in [0.1, 0.15) is 37.7 Å². The summed E-state index contributed by atoms with van der Waals surface area (Å²) in [4.78, 5) is 53.9. The second-order valence-corrected chi connectivity index (χ2v) is 9.70. The van der Waals surface area contributed by atoms with Crippen LogP contribution in [-0.2, 0) is 19.2 Å². The summed E-state index contributed by atoms with van der Waals surface area (Å²) in [6.45, 7) is 2.00. The first-order valence-electron chi connectivity index (χ1n) is 11.6. The number of esters is 1. The van der Waals surface area contributed by atoms with Crippen LogP contribution in [0, 0.1) is 24.7 Å². The summed E-state index contributed by atoms with van der Waals surface area (Å²) >= 11 is 6.03. The number of hydrogen-bond acceptors (Lipinski definition) is 5. The molecule has 7 nitrogen and oxygen atoms in total. The molecule has 3 amide bonds. The van der Waals surface area contributed by atoms with Crippen LogP contribution in [-0.4, -0.2) is 30.2 Å². The van der Waals surface area contributed by atoms with Gasteiger partial charge in [-0.2, -0.15) is 0 Å². The number of aryl methyl sites for hydroxylation is 1. The maximum absolute atomic E-state index is 12.9. The van der Waals surface area contributed by atoms with Gasteiger partial charge in [-0.1, -0.05) is 30.5 Å². The van der Waals surface area contributed by atoms with Crippen LogP contribution in [0.3, 0.4) is 0 Å². The summed E-state index contributed by atoms with van der Waals surface area (Å²) in [5, 5.41) is 0.515. The quantitative estimate of drug-likeness (QED) is 0.370. The predicted molar refractivity (Wildman–Crippen MR) is 127 cm³/mol. The molecule has 0 radical (unpaired) electrons. The Morgan fingerprint density at radius 3 is 2.35 bits per heavy atom. The fraction of sp³-hybridized carbons (Fsp3) is 0.385. The number of ether oxygens (including phenoxy) is 1.